The Morgan fingerprint density at radius 1 is 0.968 bits per heavy atom. The molecule has 0 aliphatic carbocycles. The normalized spacial score (nSPS) is 20.8. The monoisotopic (exact) mass is 441 g/mol. The fourth-order valence-electron chi connectivity index (χ4n) is 3.97. The molecule has 0 aromatic heterocycles. The molecule has 2 amide bonds. The van der Waals surface area contributed by atoms with Crippen LogP contribution in [0.2, 0.25) is 0 Å². The van der Waals surface area contributed by atoms with Crippen molar-refractivity contribution < 1.29 is 27.5 Å². The van der Waals surface area contributed by atoms with Gasteiger partial charge in [-0.15, -0.1) is 0 Å². The number of ether oxygens (including phenoxy) is 1. The molecule has 6 nitrogen and oxygen atoms in total. The van der Waals surface area contributed by atoms with Gasteiger partial charge in [0.2, 0.25) is 5.91 Å². The quantitative estimate of drug-likeness (QED) is 0.722. The van der Waals surface area contributed by atoms with Gasteiger partial charge in [0.25, 0.3) is 0 Å². The Morgan fingerprint density at radius 2 is 1.58 bits per heavy atom. The lowest BCUT2D eigenvalue weighted by atomic mass is 10.1. The van der Waals surface area contributed by atoms with Crippen LogP contribution >= 0.6 is 0 Å². The topological polar surface area (TPSA) is 53.1 Å². The maximum atomic E-state index is 12.7. The van der Waals surface area contributed by atoms with Gasteiger partial charge >= 0.3 is 12.3 Å². The number of alkyl halides is 3. The van der Waals surface area contributed by atoms with Crippen molar-refractivity contribution in [2.45, 2.75) is 51.4 Å². The molecular formula is C22H30F3N3O3. The molecule has 1 aromatic rings. The number of amides is 2. The van der Waals surface area contributed by atoms with Crippen LogP contribution in [-0.4, -0.2) is 77.6 Å². The minimum absolute atomic E-state index is 0.0822. The Hall–Kier alpha value is -2.29. The van der Waals surface area contributed by atoms with E-state index in [4.69, 9.17) is 4.74 Å². The van der Waals surface area contributed by atoms with Crippen LogP contribution in [0.25, 0.3) is 0 Å². The van der Waals surface area contributed by atoms with Crippen molar-refractivity contribution in [1.82, 2.24) is 14.7 Å². The second kappa shape index (κ2) is 9.06. The second-order valence-electron chi connectivity index (χ2n) is 9.16. The average molecular weight is 441 g/mol. The van der Waals surface area contributed by atoms with E-state index in [1.165, 1.54) is 12.1 Å². The van der Waals surface area contributed by atoms with Gasteiger partial charge in [-0.2, -0.15) is 13.2 Å². The lowest BCUT2D eigenvalue weighted by Gasteiger charge is -2.38. The first-order valence-electron chi connectivity index (χ1n) is 10.6. The fourth-order valence-corrected chi connectivity index (χ4v) is 3.97. The molecule has 2 aliphatic heterocycles. The summed E-state index contributed by atoms with van der Waals surface area (Å²) in [5.74, 6) is -0.0822. The number of piperazine rings is 1. The van der Waals surface area contributed by atoms with Gasteiger partial charge in [-0.25, -0.2) is 4.79 Å². The third-order valence-corrected chi connectivity index (χ3v) is 5.64. The van der Waals surface area contributed by atoms with E-state index in [-0.39, 0.29) is 24.5 Å². The molecule has 0 N–H and O–H groups in total. The standard InChI is InChI=1S/C22H30F3N3O3/c1-21(2,3)31-20(30)28-9-8-18(15-28)26-10-12-27(13-11-26)19(29)14-16-4-6-17(7-5-16)22(23,24)25/h4-7,18H,8-15H2,1-3H3. The molecule has 2 fully saturated rings. The van der Waals surface area contributed by atoms with Crippen molar-refractivity contribution in [2.75, 3.05) is 39.3 Å². The van der Waals surface area contributed by atoms with Crippen LogP contribution in [-0.2, 0) is 22.1 Å². The zero-order valence-electron chi connectivity index (χ0n) is 18.2. The average Bonchev–Trinajstić information content (AvgIpc) is 3.17. The summed E-state index contributed by atoms with van der Waals surface area (Å²) in [6.07, 6.45) is -3.70. The van der Waals surface area contributed by atoms with Gasteiger partial charge in [0.1, 0.15) is 5.60 Å². The molecule has 9 heteroatoms. The molecule has 0 spiro atoms. The predicted octanol–water partition coefficient (Wildman–Crippen LogP) is 3.40. The molecule has 2 heterocycles. The molecule has 0 radical (unpaired) electrons. The molecule has 31 heavy (non-hydrogen) atoms. The summed E-state index contributed by atoms with van der Waals surface area (Å²) in [4.78, 5) is 30.6. The second-order valence-corrected chi connectivity index (χ2v) is 9.16. The van der Waals surface area contributed by atoms with E-state index < -0.39 is 17.3 Å². The SMILES string of the molecule is CC(C)(C)OC(=O)N1CCC(N2CCN(C(=O)Cc3ccc(C(F)(F)F)cc3)CC2)C1. The van der Waals surface area contributed by atoms with Crippen LogP contribution in [0.1, 0.15) is 38.3 Å². The fraction of sp³-hybridized carbons (Fsp3) is 0.636. The largest absolute Gasteiger partial charge is 0.444 e. The Bertz CT molecular complexity index is 782. The van der Waals surface area contributed by atoms with Crippen LogP contribution in [0.3, 0.4) is 0 Å². The van der Waals surface area contributed by atoms with Crippen LogP contribution in [0.5, 0.6) is 0 Å². The van der Waals surface area contributed by atoms with Crippen molar-refractivity contribution >= 4 is 12.0 Å². The van der Waals surface area contributed by atoms with Gasteiger partial charge in [-0.3, -0.25) is 9.69 Å². The van der Waals surface area contributed by atoms with Crippen molar-refractivity contribution in [3.63, 3.8) is 0 Å². The molecular weight excluding hydrogens is 411 g/mol. The Labute approximate surface area is 180 Å². The van der Waals surface area contributed by atoms with Gasteiger partial charge in [0.15, 0.2) is 0 Å². The number of rotatable bonds is 3. The lowest BCUT2D eigenvalue weighted by molar-refractivity contribution is -0.137. The molecule has 1 atom stereocenters. The van der Waals surface area contributed by atoms with Gasteiger partial charge in [0.05, 0.1) is 12.0 Å². The van der Waals surface area contributed by atoms with Crippen LogP contribution < -0.4 is 0 Å². The van der Waals surface area contributed by atoms with E-state index in [1.807, 2.05) is 20.8 Å². The number of carbonyl (C=O) groups is 2. The molecule has 2 saturated heterocycles. The van der Waals surface area contributed by atoms with Gasteiger partial charge in [-0.05, 0) is 44.9 Å². The first kappa shape index (κ1) is 23.4. The molecule has 2 aliphatic rings. The Morgan fingerprint density at radius 3 is 2.13 bits per heavy atom. The van der Waals surface area contributed by atoms with Crippen molar-refractivity contribution in [3.05, 3.63) is 35.4 Å². The first-order valence-corrected chi connectivity index (χ1v) is 10.6. The molecule has 0 saturated carbocycles. The van der Waals surface area contributed by atoms with Crippen molar-refractivity contribution in [1.29, 1.82) is 0 Å². The van der Waals surface area contributed by atoms with Crippen LogP contribution in [0.15, 0.2) is 24.3 Å². The zero-order chi connectivity index (χ0) is 22.8. The van der Waals surface area contributed by atoms with E-state index in [2.05, 4.69) is 4.90 Å². The van der Waals surface area contributed by atoms with Crippen molar-refractivity contribution in [3.8, 4) is 0 Å². The number of halogens is 3. The number of hydrogen-bond donors (Lipinski definition) is 0. The third-order valence-electron chi connectivity index (χ3n) is 5.64. The smallest absolute Gasteiger partial charge is 0.416 e. The highest BCUT2D eigenvalue weighted by molar-refractivity contribution is 5.79. The molecule has 1 unspecified atom stereocenters. The Balaban J connectivity index is 1.45. The first-order chi connectivity index (χ1) is 14.4. The van der Waals surface area contributed by atoms with E-state index in [9.17, 15) is 22.8 Å². The number of nitrogens with zero attached hydrogens (tertiary/aromatic N) is 3. The minimum Gasteiger partial charge on any atom is -0.444 e. The van der Waals surface area contributed by atoms with Gasteiger partial charge in [-0.1, -0.05) is 12.1 Å². The van der Waals surface area contributed by atoms with E-state index in [0.29, 0.717) is 44.8 Å². The zero-order valence-corrected chi connectivity index (χ0v) is 18.2. The molecule has 172 valence electrons. The summed E-state index contributed by atoms with van der Waals surface area (Å²) < 4.78 is 43.5. The summed E-state index contributed by atoms with van der Waals surface area (Å²) in [5.41, 5.74) is -0.660. The summed E-state index contributed by atoms with van der Waals surface area (Å²) in [5, 5.41) is 0. The number of benzene rings is 1. The minimum atomic E-state index is -4.38. The number of carbonyl (C=O) groups excluding carboxylic acids is 2. The summed E-state index contributed by atoms with van der Waals surface area (Å²) in [6, 6.07) is 5.00. The number of likely N-dealkylation sites (tertiary alicyclic amines) is 1. The highest BCUT2D eigenvalue weighted by Gasteiger charge is 2.35. The number of hydrogen-bond acceptors (Lipinski definition) is 4. The lowest BCUT2D eigenvalue weighted by Crippen LogP contribution is -2.53. The summed E-state index contributed by atoms with van der Waals surface area (Å²) in [7, 11) is 0. The maximum Gasteiger partial charge on any atom is 0.416 e. The Kier molecular flexibility index (Phi) is 6.83. The maximum absolute atomic E-state index is 12.7. The molecule has 1 aromatic carbocycles. The summed E-state index contributed by atoms with van der Waals surface area (Å²) >= 11 is 0. The van der Waals surface area contributed by atoms with Crippen LogP contribution in [0, 0.1) is 0 Å². The van der Waals surface area contributed by atoms with E-state index in [1.54, 1.807) is 9.80 Å². The van der Waals surface area contributed by atoms with Gasteiger partial charge in [0, 0.05) is 45.3 Å². The van der Waals surface area contributed by atoms with Crippen molar-refractivity contribution in [2.24, 2.45) is 0 Å². The summed E-state index contributed by atoms with van der Waals surface area (Å²) in [6.45, 7) is 9.39. The van der Waals surface area contributed by atoms with E-state index >= 15 is 0 Å². The van der Waals surface area contributed by atoms with Crippen LogP contribution in [0.4, 0.5) is 18.0 Å². The predicted molar refractivity (Wildman–Crippen MR) is 110 cm³/mol. The highest BCUT2D eigenvalue weighted by Crippen LogP contribution is 2.29. The van der Waals surface area contributed by atoms with E-state index in [0.717, 1.165) is 18.6 Å². The highest BCUT2D eigenvalue weighted by atomic mass is 19.4. The third kappa shape index (κ3) is 6.35. The molecule has 3 rings (SSSR count). The molecule has 0 bridgehead atoms. The van der Waals surface area contributed by atoms with Gasteiger partial charge < -0.3 is 14.5 Å².